The smallest absolute Gasteiger partial charge is 0.148 e. The lowest BCUT2D eigenvalue weighted by Gasteiger charge is -2.17. The molecule has 3 rings (SSSR count). The van der Waals surface area contributed by atoms with Crippen LogP contribution in [0.5, 0.6) is 0 Å². The monoisotopic (exact) mass is 296 g/mol. The predicted octanol–water partition coefficient (Wildman–Crippen LogP) is 1.98. The Bertz CT molecular complexity index is 580. The van der Waals surface area contributed by atoms with Crippen LogP contribution >= 0.6 is 22.9 Å². The van der Waals surface area contributed by atoms with Gasteiger partial charge in [0.2, 0.25) is 0 Å². The summed E-state index contributed by atoms with van der Waals surface area (Å²) in [5.41, 5.74) is 7.87. The third-order valence-electron chi connectivity index (χ3n) is 3.41. The van der Waals surface area contributed by atoms with E-state index in [1.165, 1.54) is 11.5 Å². The van der Waals surface area contributed by atoms with E-state index in [4.69, 9.17) is 5.73 Å². The van der Waals surface area contributed by atoms with Crippen LogP contribution in [0.25, 0.3) is 11.3 Å². The van der Waals surface area contributed by atoms with Crippen molar-refractivity contribution < 1.29 is 5.11 Å². The third kappa shape index (κ3) is 2.33. The quantitative estimate of drug-likeness (QED) is 0.906. The molecule has 3 N–H and O–H groups in total. The molecule has 0 amide bonds. The largest absolute Gasteiger partial charge is 0.396 e. The van der Waals surface area contributed by atoms with Gasteiger partial charge in [0.1, 0.15) is 10.8 Å². The number of hydrogen-bond acceptors (Lipinski definition) is 7. The zero-order valence-corrected chi connectivity index (χ0v) is 12.3. The van der Waals surface area contributed by atoms with Crippen molar-refractivity contribution in [2.24, 2.45) is 5.92 Å². The third-order valence-corrected chi connectivity index (χ3v) is 5.10. The molecule has 0 radical (unpaired) electrons. The summed E-state index contributed by atoms with van der Waals surface area (Å²) in [7, 11) is 0. The molecule has 3 heterocycles. The Labute approximate surface area is 119 Å². The summed E-state index contributed by atoms with van der Waals surface area (Å²) in [5, 5.41) is 13.4. The lowest BCUT2D eigenvalue weighted by atomic mass is 10.1. The van der Waals surface area contributed by atoms with Gasteiger partial charge in [-0.2, -0.15) is 4.37 Å². The van der Waals surface area contributed by atoms with Crippen molar-refractivity contribution in [1.29, 1.82) is 0 Å². The van der Waals surface area contributed by atoms with Crippen LogP contribution in [0.15, 0.2) is 5.38 Å². The van der Waals surface area contributed by atoms with Crippen molar-refractivity contribution >= 4 is 33.7 Å². The average molecular weight is 296 g/mol. The van der Waals surface area contributed by atoms with Crippen LogP contribution < -0.4 is 10.6 Å². The maximum absolute atomic E-state index is 9.25. The number of nitrogens with zero attached hydrogens (tertiary/aromatic N) is 3. The molecule has 7 heteroatoms. The SMILES string of the molecule is Cc1nc(-c2c(N)nsc2N2CCC(CO)C2)cs1. The number of hydrogen-bond donors (Lipinski definition) is 2. The highest BCUT2D eigenvalue weighted by molar-refractivity contribution is 7.11. The molecular formula is C12H16N4OS2. The molecule has 0 bridgehead atoms. The summed E-state index contributed by atoms with van der Waals surface area (Å²) in [6, 6.07) is 0. The first-order chi connectivity index (χ1) is 9.19. The van der Waals surface area contributed by atoms with Crippen molar-refractivity contribution in [2.45, 2.75) is 13.3 Å². The van der Waals surface area contributed by atoms with Gasteiger partial charge in [0.05, 0.1) is 16.3 Å². The molecule has 102 valence electrons. The molecule has 1 fully saturated rings. The molecular weight excluding hydrogens is 280 g/mol. The van der Waals surface area contributed by atoms with Crippen molar-refractivity contribution in [3.63, 3.8) is 0 Å². The maximum atomic E-state index is 9.25. The van der Waals surface area contributed by atoms with Crippen molar-refractivity contribution in [2.75, 3.05) is 30.3 Å². The molecule has 2 aromatic heterocycles. The summed E-state index contributed by atoms with van der Waals surface area (Å²) in [6.45, 7) is 4.05. The molecule has 1 atom stereocenters. The number of thiazole rings is 1. The Kier molecular flexibility index (Phi) is 3.42. The number of aromatic nitrogens is 2. The molecule has 19 heavy (non-hydrogen) atoms. The van der Waals surface area contributed by atoms with E-state index in [0.29, 0.717) is 11.7 Å². The van der Waals surface area contributed by atoms with Crippen LogP contribution in [-0.2, 0) is 0 Å². The number of anilines is 2. The number of nitrogens with two attached hydrogens (primary N) is 1. The van der Waals surface area contributed by atoms with E-state index < -0.39 is 0 Å². The predicted molar refractivity (Wildman–Crippen MR) is 79.8 cm³/mol. The zero-order chi connectivity index (χ0) is 13.4. The van der Waals surface area contributed by atoms with Gasteiger partial charge in [-0.25, -0.2) is 4.98 Å². The van der Waals surface area contributed by atoms with Gasteiger partial charge >= 0.3 is 0 Å². The average Bonchev–Trinajstić information content (AvgIpc) is 3.08. The summed E-state index contributed by atoms with van der Waals surface area (Å²) in [5.74, 6) is 0.908. The van der Waals surface area contributed by atoms with Gasteiger partial charge < -0.3 is 15.7 Å². The minimum atomic E-state index is 0.246. The minimum Gasteiger partial charge on any atom is -0.396 e. The molecule has 1 aliphatic rings. The van der Waals surface area contributed by atoms with Crippen LogP contribution in [0.2, 0.25) is 0 Å². The lowest BCUT2D eigenvalue weighted by Crippen LogP contribution is -2.20. The van der Waals surface area contributed by atoms with Gasteiger partial charge in [-0.3, -0.25) is 0 Å². The first-order valence-electron chi connectivity index (χ1n) is 6.22. The molecule has 0 aliphatic carbocycles. The van der Waals surface area contributed by atoms with Crippen molar-refractivity contribution in [3.05, 3.63) is 10.4 Å². The topological polar surface area (TPSA) is 75.3 Å². The van der Waals surface area contributed by atoms with Crippen LogP contribution in [0.4, 0.5) is 10.8 Å². The molecule has 1 saturated heterocycles. The van der Waals surface area contributed by atoms with Crippen LogP contribution in [0.1, 0.15) is 11.4 Å². The number of nitrogen functional groups attached to an aromatic ring is 1. The van der Waals surface area contributed by atoms with Gasteiger partial charge in [-0.15, -0.1) is 11.3 Å². The van der Waals surface area contributed by atoms with Crippen molar-refractivity contribution in [3.8, 4) is 11.3 Å². The van der Waals surface area contributed by atoms with Crippen molar-refractivity contribution in [1.82, 2.24) is 9.36 Å². The van der Waals surface area contributed by atoms with Gasteiger partial charge in [-0.1, -0.05) is 0 Å². The standard InChI is InChI=1S/C12H16N4OS2/c1-7-14-9(6-18-7)10-11(13)15-19-12(10)16-3-2-8(4-16)5-17/h6,8,17H,2-5H2,1H3,(H2,13,15). The summed E-state index contributed by atoms with van der Waals surface area (Å²) < 4.78 is 4.28. The Morgan fingerprint density at radius 2 is 2.42 bits per heavy atom. The number of aliphatic hydroxyl groups is 1. The Hall–Kier alpha value is -1.18. The highest BCUT2D eigenvalue weighted by Crippen LogP contribution is 2.41. The molecule has 0 saturated carbocycles. The first-order valence-corrected chi connectivity index (χ1v) is 7.87. The Morgan fingerprint density at radius 3 is 3.05 bits per heavy atom. The Balaban J connectivity index is 1.95. The normalized spacial score (nSPS) is 19.3. The summed E-state index contributed by atoms with van der Waals surface area (Å²) in [6.07, 6.45) is 1.02. The van der Waals surface area contributed by atoms with Crippen LogP contribution in [-0.4, -0.2) is 34.2 Å². The van der Waals surface area contributed by atoms with Crippen LogP contribution in [0.3, 0.4) is 0 Å². The van der Waals surface area contributed by atoms with E-state index in [0.717, 1.165) is 40.8 Å². The summed E-state index contributed by atoms with van der Waals surface area (Å²) >= 11 is 3.04. The van der Waals surface area contributed by atoms with Gasteiger partial charge in [0.25, 0.3) is 0 Å². The minimum absolute atomic E-state index is 0.246. The van der Waals surface area contributed by atoms with Crippen LogP contribution in [0, 0.1) is 12.8 Å². The lowest BCUT2D eigenvalue weighted by molar-refractivity contribution is 0.239. The number of rotatable bonds is 3. The first kappa shape index (κ1) is 12.8. The molecule has 1 unspecified atom stereocenters. The van der Waals surface area contributed by atoms with Gasteiger partial charge in [-0.05, 0) is 24.9 Å². The fraction of sp³-hybridized carbons (Fsp3) is 0.500. The molecule has 5 nitrogen and oxygen atoms in total. The Morgan fingerprint density at radius 1 is 1.58 bits per heavy atom. The second kappa shape index (κ2) is 5.07. The fourth-order valence-electron chi connectivity index (χ4n) is 2.39. The molecule has 1 aliphatic heterocycles. The van der Waals surface area contributed by atoms with Gasteiger partial charge in [0.15, 0.2) is 0 Å². The fourth-order valence-corrected chi connectivity index (χ4v) is 3.86. The number of aliphatic hydroxyl groups excluding tert-OH is 1. The van der Waals surface area contributed by atoms with E-state index in [-0.39, 0.29) is 6.61 Å². The molecule has 0 spiro atoms. The second-order valence-corrected chi connectivity index (χ2v) is 6.60. The molecule has 2 aromatic rings. The van der Waals surface area contributed by atoms with Gasteiger partial charge in [0, 0.05) is 31.0 Å². The van der Waals surface area contributed by atoms with E-state index in [2.05, 4.69) is 14.3 Å². The van der Waals surface area contributed by atoms with E-state index in [1.54, 1.807) is 11.3 Å². The zero-order valence-electron chi connectivity index (χ0n) is 10.7. The summed E-state index contributed by atoms with van der Waals surface area (Å²) in [4.78, 5) is 6.78. The number of aryl methyl sites for hydroxylation is 1. The van der Waals surface area contributed by atoms with E-state index in [9.17, 15) is 5.11 Å². The highest BCUT2D eigenvalue weighted by Gasteiger charge is 2.27. The highest BCUT2D eigenvalue weighted by atomic mass is 32.1. The molecule has 0 aromatic carbocycles. The maximum Gasteiger partial charge on any atom is 0.148 e. The van der Waals surface area contributed by atoms with E-state index in [1.807, 2.05) is 12.3 Å². The van der Waals surface area contributed by atoms with E-state index >= 15 is 0 Å². The second-order valence-electron chi connectivity index (χ2n) is 4.78.